The van der Waals surface area contributed by atoms with Gasteiger partial charge in [-0.2, -0.15) is 0 Å². The van der Waals surface area contributed by atoms with E-state index in [1.165, 1.54) is 24.2 Å². The Labute approximate surface area is 170 Å². The molecule has 0 spiro atoms. The molecule has 3 rings (SSSR count). The summed E-state index contributed by atoms with van der Waals surface area (Å²) in [6.07, 6.45) is 4.47. The van der Waals surface area contributed by atoms with E-state index >= 15 is 0 Å². The summed E-state index contributed by atoms with van der Waals surface area (Å²) in [6, 6.07) is 7.87. The minimum atomic E-state index is -0.243. The molecule has 1 aromatic heterocycles. The van der Waals surface area contributed by atoms with E-state index < -0.39 is 0 Å². The molecule has 1 aliphatic rings. The van der Waals surface area contributed by atoms with Crippen LogP contribution in [-0.2, 0) is 11.3 Å². The van der Waals surface area contributed by atoms with Crippen molar-refractivity contribution in [3.8, 4) is 0 Å². The van der Waals surface area contributed by atoms with Gasteiger partial charge in [0.15, 0.2) is 0 Å². The van der Waals surface area contributed by atoms with E-state index in [0.29, 0.717) is 12.5 Å². The number of benzene rings is 1. The van der Waals surface area contributed by atoms with Gasteiger partial charge in [0.05, 0.1) is 19.1 Å². The van der Waals surface area contributed by atoms with Crippen molar-refractivity contribution in [2.45, 2.75) is 65.0 Å². The number of rotatable bonds is 7. The Morgan fingerprint density at radius 2 is 1.89 bits per heavy atom. The second kappa shape index (κ2) is 9.05. The molecular formula is C22H30N2O3S. The molecule has 1 unspecified atom stereocenters. The van der Waals surface area contributed by atoms with Gasteiger partial charge in [0.1, 0.15) is 0 Å². The average Bonchev–Trinajstić information content (AvgIpc) is 3.27. The van der Waals surface area contributed by atoms with Crippen LogP contribution in [0.2, 0.25) is 0 Å². The smallest absolute Gasteiger partial charge is 0.307 e. The summed E-state index contributed by atoms with van der Waals surface area (Å²) in [5.74, 6) is 0.168. The third kappa shape index (κ3) is 4.55. The second-order valence-corrected chi connectivity index (χ2v) is 9.12. The van der Waals surface area contributed by atoms with Gasteiger partial charge in [0.25, 0.3) is 0 Å². The SMILES string of the molecule is Cc1sc(=O)n(Cc2ccc(C(C(=O)N[C@H](C)CO)C3CCCC3)cc2)c1C. The number of nitrogens with one attached hydrogen (secondary N) is 1. The highest BCUT2D eigenvalue weighted by molar-refractivity contribution is 7.09. The summed E-state index contributed by atoms with van der Waals surface area (Å²) in [7, 11) is 0. The van der Waals surface area contributed by atoms with E-state index in [9.17, 15) is 14.7 Å². The van der Waals surface area contributed by atoms with Gasteiger partial charge in [-0.25, -0.2) is 0 Å². The Balaban J connectivity index is 1.81. The Bertz CT molecular complexity index is 863. The fourth-order valence-electron chi connectivity index (χ4n) is 4.09. The van der Waals surface area contributed by atoms with Crippen LogP contribution in [0, 0.1) is 19.8 Å². The van der Waals surface area contributed by atoms with E-state index in [0.717, 1.165) is 34.5 Å². The molecule has 0 saturated heterocycles. The van der Waals surface area contributed by atoms with Crippen LogP contribution in [0.5, 0.6) is 0 Å². The van der Waals surface area contributed by atoms with Crippen LogP contribution in [0.1, 0.15) is 60.2 Å². The van der Waals surface area contributed by atoms with Gasteiger partial charge in [-0.1, -0.05) is 48.4 Å². The van der Waals surface area contributed by atoms with Crippen LogP contribution in [0.3, 0.4) is 0 Å². The number of hydrogen-bond acceptors (Lipinski definition) is 4. The summed E-state index contributed by atoms with van der Waals surface area (Å²) in [6.45, 7) is 6.26. The Morgan fingerprint density at radius 1 is 1.25 bits per heavy atom. The van der Waals surface area contributed by atoms with Crippen LogP contribution >= 0.6 is 11.3 Å². The predicted octanol–water partition coefficient (Wildman–Crippen LogP) is 3.35. The molecule has 2 aromatic rings. The lowest BCUT2D eigenvalue weighted by atomic mass is 9.83. The third-order valence-electron chi connectivity index (χ3n) is 5.87. The lowest BCUT2D eigenvalue weighted by molar-refractivity contribution is -0.124. The lowest BCUT2D eigenvalue weighted by Crippen LogP contribution is -2.40. The zero-order valence-corrected chi connectivity index (χ0v) is 17.7. The third-order valence-corrected chi connectivity index (χ3v) is 6.87. The van der Waals surface area contributed by atoms with Crippen molar-refractivity contribution in [1.29, 1.82) is 0 Å². The first-order valence-electron chi connectivity index (χ1n) is 10.1. The van der Waals surface area contributed by atoms with Crippen molar-refractivity contribution in [3.63, 3.8) is 0 Å². The molecule has 152 valence electrons. The summed E-state index contributed by atoms with van der Waals surface area (Å²) >= 11 is 1.29. The van der Waals surface area contributed by atoms with Gasteiger partial charge in [-0.05, 0) is 50.7 Å². The second-order valence-electron chi connectivity index (χ2n) is 7.95. The van der Waals surface area contributed by atoms with Gasteiger partial charge in [0.2, 0.25) is 5.91 Å². The van der Waals surface area contributed by atoms with Gasteiger partial charge in [-0.3, -0.25) is 14.2 Å². The Hall–Kier alpha value is -1.92. The molecule has 1 amide bonds. The average molecular weight is 403 g/mol. The number of aromatic nitrogens is 1. The van der Waals surface area contributed by atoms with Gasteiger partial charge in [0, 0.05) is 16.6 Å². The van der Waals surface area contributed by atoms with E-state index in [-0.39, 0.29) is 29.3 Å². The van der Waals surface area contributed by atoms with Crippen LogP contribution < -0.4 is 10.2 Å². The van der Waals surface area contributed by atoms with E-state index in [2.05, 4.69) is 5.32 Å². The van der Waals surface area contributed by atoms with Crippen molar-refractivity contribution >= 4 is 17.2 Å². The Kier molecular flexibility index (Phi) is 6.73. The first-order chi connectivity index (χ1) is 13.4. The van der Waals surface area contributed by atoms with Crippen LogP contribution in [0.15, 0.2) is 29.1 Å². The molecule has 1 aromatic carbocycles. The maximum Gasteiger partial charge on any atom is 0.307 e. The molecule has 0 radical (unpaired) electrons. The molecule has 6 heteroatoms. The van der Waals surface area contributed by atoms with Crippen molar-refractivity contribution in [3.05, 3.63) is 55.6 Å². The molecule has 1 aliphatic carbocycles. The molecular weight excluding hydrogens is 372 g/mol. The quantitative estimate of drug-likeness (QED) is 0.746. The highest BCUT2D eigenvalue weighted by atomic mass is 32.1. The summed E-state index contributed by atoms with van der Waals surface area (Å²) in [5, 5.41) is 12.2. The summed E-state index contributed by atoms with van der Waals surface area (Å²) in [4.78, 5) is 26.2. The molecule has 5 nitrogen and oxygen atoms in total. The number of carbonyl (C=O) groups is 1. The number of amides is 1. The first kappa shape index (κ1) is 20.8. The number of aliphatic hydroxyl groups excluding tert-OH is 1. The Morgan fingerprint density at radius 3 is 2.43 bits per heavy atom. The summed E-state index contributed by atoms with van der Waals surface area (Å²) < 4.78 is 1.80. The molecule has 0 aliphatic heterocycles. The minimum absolute atomic E-state index is 0.00160. The van der Waals surface area contributed by atoms with Crippen molar-refractivity contribution < 1.29 is 9.90 Å². The van der Waals surface area contributed by atoms with Crippen LogP contribution in [0.4, 0.5) is 0 Å². The van der Waals surface area contributed by atoms with E-state index in [4.69, 9.17) is 0 Å². The van der Waals surface area contributed by atoms with Crippen molar-refractivity contribution in [2.24, 2.45) is 5.92 Å². The maximum absolute atomic E-state index is 12.9. The number of thiazole rings is 1. The lowest BCUT2D eigenvalue weighted by Gasteiger charge is -2.25. The molecule has 1 fully saturated rings. The topological polar surface area (TPSA) is 71.3 Å². The molecule has 0 bridgehead atoms. The number of nitrogens with zero attached hydrogens (tertiary/aromatic N) is 1. The van der Waals surface area contributed by atoms with Crippen LogP contribution in [0.25, 0.3) is 0 Å². The molecule has 2 atom stereocenters. The maximum atomic E-state index is 12.9. The van der Waals surface area contributed by atoms with Crippen molar-refractivity contribution in [1.82, 2.24) is 9.88 Å². The highest BCUT2D eigenvalue weighted by Crippen LogP contribution is 2.37. The van der Waals surface area contributed by atoms with E-state index in [1.54, 1.807) is 4.57 Å². The molecule has 1 saturated carbocycles. The minimum Gasteiger partial charge on any atom is -0.394 e. The number of aliphatic hydroxyl groups is 1. The predicted molar refractivity (Wildman–Crippen MR) is 113 cm³/mol. The molecule has 2 N–H and O–H groups in total. The fraction of sp³-hybridized carbons (Fsp3) is 0.545. The number of aryl methyl sites for hydroxylation is 1. The van der Waals surface area contributed by atoms with Gasteiger partial charge >= 0.3 is 4.87 Å². The van der Waals surface area contributed by atoms with Gasteiger partial charge < -0.3 is 10.4 Å². The van der Waals surface area contributed by atoms with Gasteiger partial charge in [-0.15, -0.1) is 0 Å². The zero-order valence-electron chi connectivity index (χ0n) is 16.9. The van der Waals surface area contributed by atoms with Crippen molar-refractivity contribution in [2.75, 3.05) is 6.61 Å². The number of hydrogen-bond donors (Lipinski definition) is 2. The molecule has 28 heavy (non-hydrogen) atoms. The van der Waals surface area contributed by atoms with Crippen LogP contribution in [-0.4, -0.2) is 28.2 Å². The van der Waals surface area contributed by atoms with E-state index in [1.807, 2.05) is 45.0 Å². The monoisotopic (exact) mass is 402 g/mol. The largest absolute Gasteiger partial charge is 0.394 e. The first-order valence-corrected chi connectivity index (χ1v) is 10.9. The molecule has 1 heterocycles. The zero-order chi connectivity index (χ0) is 20.3. The number of carbonyl (C=O) groups excluding carboxylic acids is 1. The fourth-order valence-corrected chi connectivity index (χ4v) is 4.92. The highest BCUT2D eigenvalue weighted by Gasteiger charge is 2.32. The summed E-state index contributed by atoms with van der Waals surface area (Å²) in [5.41, 5.74) is 3.09. The standard InChI is InChI=1S/C22H30N2O3S/c1-14(13-25)23-21(26)20(18-6-4-5-7-18)19-10-8-17(9-11-19)12-24-15(2)16(3)28-22(24)27/h8-11,14,18,20,25H,4-7,12-13H2,1-3H3,(H,23,26)/t14-,20?/m1/s1. The normalized spacial score (nSPS) is 16.9.